The normalized spacial score (nSPS) is 12.2. The van der Waals surface area contributed by atoms with E-state index in [1.807, 2.05) is 37.7 Å². The molecule has 0 aliphatic carbocycles. The maximum absolute atomic E-state index is 11.7. The van der Waals surface area contributed by atoms with Gasteiger partial charge in [-0.15, -0.1) is 0 Å². The van der Waals surface area contributed by atoms with E-state index in [-0.39, 0.29) is 19.1 Å². The van der Waals surface area contributed by atoms with E-state index in [0.29, 0.717) is 5.75 Å². The molecule has 0 aliphatic rings. The first-order chi connectivity index (χ1) is 9.99. The van der Waals surface area contributed by atoms with Crippen LogP contribution in [0.5, 0.6) is 5.75 Å². The number of aliphatic hydroxyl groups excluding tert-OH is 1. The Morgan fingerprint density at radius 1 is 1.57 bits per heavy atom. The van der Waals surface area contributed by atoms with Gasteiger partial charge in [0, 0.05) is 13.6 Å². The topological polar surface area (TPSA) is 76.4 Å². The highest BCUT2D eigenvalue weighted by Gasteiger charge is 2.14. The number of carbonyl (C=O) groups is 1. The van der Waals surface area contributed by atoms with Gasteiger partial charge in [0.05, 0.1) is 11.8 Å². The molecule has 2 rings (SSSR count). The molecule has 6 nitrogen and oxygen atoms in total. The van der Waals surface area contributed by atoms with Gasteiger partial charge in [-0.1, -0.05) is 0 Å². The van der Waals surface area contributed by atoms with E-state index < -0.39 is 6.10 Å². The number of aliphatic hydroxyl groups is 1. The lowest BCUT2D eigenvalue weighted by molar-refractivity contribution is -0.123. The molecule has 0 aliphatic heterocycles. The first-order valence-electron chi connectivity index (χ1n) is 6.59. The van der Waals surface area contributed by atoms with Crippen molar-refractivity contribution in [3.05, 3.63) is 33.8 Å². The van der Waals surface area contributed by atoms with Crippen molar-refractivity contribution in [3.8, 4) is 5.75 Å². The highest BCUT2D eigenvalue weighted by atomic mass is 32.1. The van der Waals surface area contributed by atoms with Gasteiger partial charge in [0.1, 0.15) is 5.69 Å². The standard InChI is InChI=1S/C14H19N3O3S/c1-9-14(10(2)17(3)16-9)20-7-13(19)15-6-12(18)11-4-5-21-8-11/h4-5,8,12,18H,6-7H2,1-3H3,(H,15,19)/t12-/m1/s1. The Kier molecular flexibility index (Phi) is 4.98. The van der Waals surface area contributed by atoms with Crippen molar-refractivity contribution in [2.45, 2.75) is 20.0 Å². The van der Waals surface area contributed by atoms with Crippen molar-refractivity contribution in [1.82, 2.24) is 15.1 Å². The Morgan fingerprint density at radius 2 is 2.33 bits per heavy atom. The molecule has 0 unspecified atom stereocenters. The fourth-order valence-corrected chi connectivity index (χ4v) is 2.65. The van der Waals surface area contributed by atoms with Gasteiger partial charge in [-0.3, -0.25) is 9.48 Å². The SMILES string of the molecule is Cc1nn(C)c(C)c1OCC(=O)NC[C@@H](O)c1ccsc1. The fraction of sp³-hybridized carbons (Fsp3) is 0.429. The zero-order valence-corrected chi connectivity index (χ0v) is 13.1. The lowest BCUT2D eigenvalue weighted by Gasteiger charge is -2.11. The summed E-state index contributed by atoms with van der Waals surface area (Å²) in [5.41, 5.74) is 2.43. The van der Waals surface area contributed by atoms with Crippen molar-refractivity contribution in [2.24, 2.45) is 7.05 Å². The van der Waals surface area contributed by atoms with Crippen LogP contribution in [0.4, 0.5) is 0 Å². The molecule has 1 atom stereocenters. The van der Waals surface area contributed by atoms with Gasteiger partial charge in [-0.05, 0) is 36.2 Å². The van der Waals surface area contributed by atoms with Crippen LogP contribution in [0.1, 0.15) is 23.1 Å². The highest BCUT2D eigenvalue weighted by Crippen LogP contribution is 2.21. The molecular weight excluding hydrogens is 290 g/mol. The molecule has 0 saturated heterocycles. The van der Waals surface area contributed by atoms with E-state index in [4.69, 9.17) is 4.74 Å². The Balaban J connectivity index is 1.80. The Hall–Kier alpha value is -1.86. The van der Waals surface area contributed by atoms with Crippen molar-refractivity contribution < 1.29 is 14.6 Å². The van der Waals surface area contributed by atoms with Gasteiger partial charge in [0.25, 0.3) is 5.91 Å². The summed E-state index contributed by atoms with van der Waals surface area (Å²) in [6.45, 7) is 3.79. The third-order valence-corrected chi connectivity index (χ3v) is 3.91. The number of ether oxygens (including phenoxy) is 1. The van der Waals surface area contributed by atoms with E-state index in [1.54, 1.807) is 4.68 Å². The number of thiophene rings is 1. The van der Waals surface area contributed by atoms with Gasteiger partial charge in [-0.2, -0.15) is 16.4 Å². The van der Waals surface area contributed by atoms with Gasteiger partial charge in [0.2, 0.25) is 0 Å². The predicted octanol–water partition coefficient (Wildman–Crippen LogP) is 1.33. The van der Waals surface area contributed by atoms with Crippen LogP contribution in [0.15, 0.2) is 16.8 Å². The van der Waals surface area contributed by atoms with Crippen molar-refractivity contribution in [2.75, 3.05) is 13.2 Å². The molecule has 2 aromatic heterocycles. The average molecular weight is 309 g/mol. The minimum Gasteiger partial charge on any atom is -0.480 e. The Bertz CT molecular complexity index is 607. The molecule has 114 valence electrons. The number of rotatable bonds is 6. The zero-order valence-electron chi connectivity index (χ0n) is 12.3. The number of carbonyl (C=O) groups excluding carboxylic acids is 1. The molecule has 0 radical (unpaired) electrons. The van der Waals surface area contributed by atoms with Crippen LogP contribution in [-0.2, 0) is 11.8 Å². The largest absolute Gasteiger partial charge is 0.480 e. The first kappa shape index (κ1) is 15.5. The van der Waals surface area contributed by atoms with Crippen LogP contribution in [0.3, 0.4) is 0 Å². The number of amides is 1. The quantitative estimate of drug-likeness (QED) is 0.844. The molecule has 0 fully saturated rings. The highest BCUT2D eigenvalue weighted by molar-refractivity contribution is 7.07. The summed E-state index contributed by atoms with van der Waals surface area (Å²) in [7, 11) is 1.83. The summed E-state index contributed by atoms with van der Waals surface area (Å²) >= 11 is 1.51. The van der Waals surface area contributed by atoms with Crippen molar-refractivity contribution >= 4 is 17.2 Å². The van der Waals surface area contributed by atoms with Gasteiger partial charge in [0.15, 0.2) is 12.4 Å². The van der Waals surface area contributed by atoms with Crippen molar-refractivity contribution in [3.63, 3.8) is 0 Å². The van der Waals surface area contributed by atoms with Crippen LogP contribution < -0.4 is 10.1 Å². The Labute approximate surface area is 127 Å². The number of hydrogen-bond donors (Lipinski definition) is 2. The number of hydrogen-bond acceptors (Lipinski definition) is 5. The summed E-state index contributed by atoms with van der Waals surface area (Å²) < 4.78 is 7.21. The maximum Gasteiger partial charge on any atom is 0.258 e. The second kappa shape index (κ2) is 6.73. The van der Waals surface area contributed by atoms with Crippen molar-refractivity contribution in [1.29, 1.82) is 0 Å². The lowest BCUT2D eigenvalue weighted by Crippen LogP contribution is -2.32. The monoisotopic (exact) mass is 309 g/mol. The summed E-state index contributed by atoms with van der Waals surface area (Å²) in [6.07, 6.45) is -0.693. The van der Waals surface area contributed by atoms with E-state index in [2.05, 4.69) is 10.4 Å². The molecule has 21 heavy (non-hydrogen) atoms. The minimum absolute atomic E-state index is 0.0935. The second-order valence-electron chi connectivity index (χ2n) is 4.79. The van der Waals surface area contributed by atoms with Gasteiger partial charge < -0.3 is 15.2 Å². The number of aromatic nitrogens is 2. The van der Waals surface area contributed by atoms with Crippen LogP contribution in [0.2, 0.25) is 0 Å². The Morgan fingerprint density at radius 3 is 2.90 bits per heavy atom. The number of aryl methyl sites for hydroxylation is 2. The van der Waals surface area contributed by atoms with Gasteiger partial charge in [-0.25, -0.2) is 0 Å². The maximum atomic E-state index is 11.7. The summed E-state index contributed by atoms with van der Waals surface area (Å²) in [5, 5.41) is 20.5. The van der Waals surface area contributed by atoms with Crippen LogP contribution >= 0.6 is 11.3 Å². The molecular formula is C14H19N3O3S. The van der Waals surface area contributed by atoms with Gasteiger partial charge >= 0.3 is 0 Å². The van der Waals surface area contributed by atoms with E-state index in [9.17, 15) is 9.90 Å². The summed E-state index contributed by atoms with van der Waals surface area (Å²) in [6, 6.07) is 1.83. The molecule has 0 bridgehead atoms. The third kappa shape index (κ3) is 3.83. The molecule has 2 heterocycles. The average Bonchev–Trinajstić information content (AvgIpc) is 3.05. The second-order valence-corrected chi connectivity index (χ2v) is 5.57. The van der Waals surface area contributed by atoms with Crippen LogP contribution in [-0.4, -0.2) is 33.9 Å². The fourth-order valence-electron chi connectivity index (χ4n) is 1.94. The molecule has 1 amide bonds. The van der Waals surface area contributed by atoms with E-state index >= 15 is 0 Å². The molecule has 7 heteroatoms. The van der Waals surface area contributed by atoms with Crippen LogP contribution in [0.25, 0.3) is 0 Å². The lowest BCUT2D eigenvalue weighted by atomic mass is 10.2. The summed E-state index contributed by atoms with van der Waals surface area (Å²) in [5.74, 6) is 0.359. The summed E-state index contributed by atoms with van der Waals surface area (Å²) in [4.78, 5) is 11.7. The first-order valence-corrected chi connectivity index (χ1v) is 7.53. The predicted molar refractivity (Wildman–Crippen MR) is 80.5 cm³/mol. The van der Waals surface area contributed by atoms with Crippen LogP contribution in [0, 0.1) is 13.8 Å². The smallest absolute Gasteiger partial charge is 0.258 e. The number of nitrogens with zero attached hydrogens (tertiary/aromatic N) is 2. The number of nitrogens with one attached hydrogen (secondary N) is 1. The molecule has 0 aromatic carbocycles. The third-order valence-electron chi connectivity index (χ3n) is 3.21. The minimum atomic E-state index is -0.693. The zero-order chi connectivity index (χ0) is 15.4. The molecule has 2 aromatic rings. The van der Waals surface area contributed by atoms with E-state index in [0.717, 1.165) is 17.0 Å². The molecule has 0 spiro atoms. The molecule has 2 N–H and O–H groups in total. The molecule has 0 saturated carbocycles. The van der Waals surface area contributed by atoms with E-state index in [1.165, 1.54) is 11.3 Å².